The number of hydrogen-bond donors (Lipinski definition) is 2. The highest BCUT2D eigenvalue weighted by molar-refractivity contribution is 6.30. The van der Waals surface area contributed by atoms with Crippen molar-refractivity contribution in [2.75, 3.05) is 0 Å². The van der Waals surface area contributed by atoms with Crippen molar-refractivity contribution in [1.29, 1.82) is 0 Å². The molecule has 0 saturated carbocycles. The van der Waals surface area contributed by atoms with Gasteiger partial charge in [0.25, 0.3) is 5.91 Å². The number of aryl methyl sites for hydroxylation is 1. The van der Waals surface area contributed by atoms with Crippen molar-refractivity contribution < 1.29 is 4.79 Å². The highest BCUT2D eigenvalue weighted by Crippen LogP contribution is 2.27. The minimum absolute atomic E-state index is 0.310. The van der Waals surface area contributed by atoms with Crippen LogP contribution in [0, 0.1) is 13.8 Å². The number of hydrazone groups is 1. The average Bonchev–Trinajstić information content (AvgIpc) is 3.34. The summed E-state index contributed by atoms with van der Waals surface area (Å²) < 4.78 is 1.87. The third-order valence-corrected chi connectivity index (χ3v) is 4.87. The van der Waals surface area contributed by atoms with E-state index in [0.717, 1.165) is 28.2 Å². The standard InChI is InChI=1S/C22H19ClN6O/c1-14-21(15(2)29(28-14)18-6-4-3-5-7-18)19-12-20(26-25-19)22(30)27-24-13-16-8-10-17(23)11-9-16/h3-13H,1-2H3,(H,25,26)(H,27,30)/b24-13-. The van der Waals surface area contributed by atoms with Crippen LogP contribution in [0.25, 0.3) is 16.9 Å². The number of aromatic nitrogens is 4. The van der Waals surface area contributed by atoms with Crippen molar-refractivity contribution in [2.45, 2.75) is 13.8 Å². The van der Waals surface area contributed by atoms with Crippen molar-refractivity contribution in [3.8, 4) is 16.9 Å². The van der Waals surface area contributed by atoms with E-state index in [1.54, 1.807) is 24.4 Å². The van der Waals surface area contributed by atoms with Crippen LogP contribution in [0.5, 0.6) is 0 Å². The summed E-state index contributed by atoms with van der Waals surface area (Å²) in [4.78, 5) is 12.4. The molecule has 0 atom stereocenters. The van der Waals surface area contributed by atoms with Crippen LogP contribution in [-0.2, 0) is 0 Å². The fourth-order valence-electron chi connectivity index (χ4n) is 3.17. The molecule has 0 aliphatic heterocycles. The van der Waals surface area contributed by atoms with Gasteiger partial charge in [-0.05, 0) is 49.7 Å². The Morgan fingerprint density at radius 3 is 2.60 bits per heavy atom. The number of hydrogen-bond acceptors (Lipinski definition) is 4. The van der Waals surface area contributed by atoms with E-state index in [0.29, 0.717) is 16.4 Å². The van der Waals surface area contributed by atoms with E-state index in [4.69, 9.17) is 11.6 Å². The largest absolute Gasteiger partial charge is 0.289 e. The van der Waals surface area contributed by atoms with E-state index in [1.807, 2.05) is 61.0 Å². The van der Waals surface area contributed by atoms with Gasteiger partial charge in [0, 0.05) is 10.6 Å². The average molecular weight is 419 g/mol. The number of benzene rings is 2. The van der Waals surface area contributed by atoms with Crippen molar-refractivity contribution in [2.24, 2.45) is 5.10 Å². The monoisotopic (exact) mass is 418 g/mol. The van der Waals surface area contributed by atoms with Gasteiger partial charge in [0.1, 0.15) is 5.69 Å². The number of aromatic amines is 1. The SMILES string of the molecule is Cc1nn(-c2ccccc2)c(C)c1-c1cc(C(=O)N/N=C\c2ccc(Cl)cc2)[nH]n1. The number of para-hydroxylation sites is 1. The number of halogens is 1. The van der Waals surface area contributed by atoms with Gasteiger partial charge in [-0.2, -0.15) is 15.3 Å². The minimum atomic E-state index is -0.385. The first-order valence-corrected chi connectivity index (χ1v) is 9.67. The highest BCUT2D eigenvalue weighted by Gasteiger charge is 2.18. The number of amides is 1. The van der Waals surface area contributed by atoms with Crippen LogP contribution >= 0.6 is 11.6 Å². The van der Waals surface area contributed by atoms with Gasteiger partial charge in [0.05, 0.1) is 29.0 Å². The zero-order valence-electron chi connectivity index (χ0n) is 16.4. The third-order valence-electron chi connectivity index (χ3n) is 4.62. The molecule has 0 aliphatic carbocycles. The van der Waals surface area contributed by atoms with Crippen molar-refractivity contribution in [1.82, 2.24) is 25.4 Å². The smallest absolute Gasteiger partial charge is 0.272 e. The van der Waals surface area contributed by atoms with Crippen LogP contribution in [-0.4, -0.2) is 32.1 Å². The predicted octanol–water partition coefficient (Wildman–Crippen LogP) is 4.30. The number of carbonyl (C=O) groups excluding carboxylic acids is 1. The molecule has 2 N–H and O–H groups in total. The predicted molar refractivity (Wildman–Crippen MR) is 117 cm³/mol. The summed E-state index contributed by atoms with van der Waals surface area (Å²) in [5.74, 6) is -0.385. The first kappa shape index (κ1) is 19.6. The third kappa shape index (κ3) is 4.01. The summed E-state index contributed by atoms with van der Waals surface area (Å²) in [7, 11) is 0. The zero-order chi connectivity index (χ0) is 21.1. The van der Waals surface area contributed by atoms with Gasteiger partial charge in [0.2, 0.25) is 0 Å². The van der Waals surface area contributed by atoms with E-state index in [9.17, 15) is 4.79 Å². The van der Waals surface area contributed by atoms with Gasteiger partial charge in [0.15, 0.2) is 0 Å². The van der Waals surface area contributed by atoms with Gasteiger partial charge < -0.3 is 0 Å². The normalized spacial score (nSPS) is 11.2. The Balaban J connectivity index is 1.52. The Hall–Kier alpha value is -3.71. The summed E-state index contributed by atoms with van der Waals surface area (Å²) in [6.07, 6.45) is 1.55. The quantitative estimate of drug-likeness (QED) is 0.374. The Bertz CT molecular complexity index is 1210. The summed E-state index contributed by atoms with van der Waals surface area (Å²) in [5, 5.41) is 16.3. The molecule has 2 heterocycles. The van der Waals surface area contributed by atoms with Crippen molar-refractivity contribution >= 4 is 23.7 Å². The lowest BCUT2D eigenvalue weighted by Crippen LogP contribution is -2.17. The van der Waals surface area contributed by atoms with Gasteiger partial charge in [-0.25, -0.2) is 10.1 Å². The van der Waals surface area contributed by atoms with Gasteiger partial charge in [-0.1, -0.05) is 41.9 Å². The van der Waals surface area contributed by atoms with Gasteiger partial charge >= 0.3 is 0 Å². The van der Waals surface area contributed by atoms with E-state index >= 15 is 0 Å². The molecule has 7 nitrogen and oxygen atoms in total. The van der Waals surface area contributed by atoms with Crippen LogP contribution in [0.15, 0.2) is 65.8 Å². The fraction of sp³-hybridized carbons (Fsp3) is 0.0909. The van der Waals surface area contributed by atoms with E-state index in [2.05, 4.69) is 25.8 Å². The summed E-state index contributed by atoms with van der Waals surface area (Å²) >= 11 is 5.86. The van der Waals surface area contributed by atoms with E-state index in [-0.39, 0.29) is 5.91 Å². The molecule has 0 unspecified atom stereocenters. The minimum Gasteiger partial charge on any atom is -0.272 e. The second-order valence-corrected chi connectivity index (χ2v) is 7.15. The summed E-state index contributed by atoms with van der Waals surface area (Å²) in [6.45, 7) is 3.90. The highest BCUT2D eigenvalue weighted by atomic mass is 35.5. The first-order valence-electron chi connectivity index (χ1n) is 9.29. The van der Waals surface area contributed by atoms with Crippen LogP contribution < -0.4 is 5.43 Å². The second-order valence-electron chi connectivity index (χ2n) is 6.71. The Labute approximate surface area is 178 Å². The lowest BCUT2D eigenvalue weighted by Gasteiger charge is -2.04. The molecular weight excluding hydrogens is 400 g/mol. The van der Waals surface area contributed by atoms with E-state index < -0.39 is 0 Å². The van der Waals surface area contributed by atoms with Crippen LogP contribution in [0.2, 0.25) is 5.02 Å². The van der Waals surface area contributed by atoms with Crippen molar-refractivity contribution in [3.63, 3.8) is 0 Å². The summed E-state index contributed by atoms with van der Waals surface area (Å²) in [5.41, 5.74) is 7.90. The molecule has 4 rings (SSSR count). The molecule has 0 saturated heterocycles. The Morgan fingerprint density at radius 1 is 1.13 bits per heavy atom. The molecule has 1 amide bonds. The maximum Gasteiger partial charge on any atom is 0.289 e. The van der Waals surface area contributed by atoms with Crippen LogP contribution in [0.3, 0.4) is 0 Å². The molecular formula is C22H19ClN6O. The fourth-order valence-corrected chi connectivity index (χ4v) is 3.30. The molecule has 0 radical (unpaired) electrons. The van der Waals surface area contributed by atoms with Gasteiger partial charge in [-0.3, -0.25) is 9.89 Å². The molecule has 0 spiro atoms. The second kappa shape index (κ2) is 8.34. The number of H-pyrrole nitrogens is 1. The molecule has 2 aromatic carbocycles. The van der Waals surface area contributed by atoms with E-state index in [1.165, 1.54) is 0 Å². The molecule has 4 aromatic rings. The number of carbonyl (C=O) groups is 1. The number of rotatable bonds is 5. The van der Waals surface area contributed by atoms with Crippen LogP contribution in [0.1, 0.15) is 27.4 Å². The van der Waals surface area contributed by atoms with Gasteiger partial charge in [-0.15, -0.1) is 0 Å². The Kier molecular flexibility index (Phi) is 5.45. The molecule has 0 bridgehead atoms. The summed E-state index contributed by atoms with van der Waals surface area (Å²) in [6, 6.07) is 18.7. The molecule has 150 valence electrons. The molecule has 30 heavy (non-hydrogen) atoms. The topological polar surface area (TPSA) is 88.0 Å². The molecule has 0 aliphatic rings. The maximum atomic E-state index is 12.4. The Morgan fingerprint density at radius 2 is 1.87 bits per heavy atom. The van der Waals surface area contributed by atoms with Crippen LogP contribution in [0.4, 0.5) is 0 Å². The lowest BCUT2D eigenvalue weighted by atomic mass is 10.1. The van der Waals surface area contributed by atoms with Crippen molar-refractivity contribution in [3.05, 3.63) is 88.3 Å². The number of nitrogens with zero attached hydrogens (tertiary/aromatic N) is 4. The first-order chi connectivity index (χ1) is 14.5. The zero-order valence-corrected chi connectivity index (χ0v) is 17.2. The lowest BCUT2D eigenvalue weighted by molar-refractivity contribution is 0.0950. The molecule has 2 aromatic heterocycles. The molecule has 8 heteroatoms. The molecule has 0 fully saturated rings. The number of nitrogens with one attached hydrogen (secondary N) is 2. The maximum absolute atomic E-state index is 12.4.